The van der Waals surface area contributed by atoms with Crippen LogP contribution in [0.3, 0.4) is 0 Å². The number of rotatable bonds is 1. The molecule has 2 rings (SSSR count). The Balaban J connectivity index is 3.02. The standard InChI is InChI=1S/C11H9NO3/c12-9-8(5-13)10(14)6-3-1-2-4-7(6)11(9)15/h1-5,14-15H,12H2. The van der Waals surface area contributed by atoms with Crippen molar-refractivity contribution in [2.45, 2.75) is 0 Å². The molecule has 0 unspecified atom stereocenters. The van der Waals surface area contributed by atoms with Crippen molar-refractivity contribution < 1.29 is 15.0 Å². The molecule has 0 aliphatic carbocycles. The molecule has 0 fully saturated rings. The third kappa shape index (κ3) is 1.19. The summed E-state index contributed by atoms with van der Waals surface area (Å²) in [5.74, 6) is -0.374. The Hall–Kier alpha value is -2.23. The molecule has 0 aliphatic rings. The first-order chi connectivity index (χ1) is 7.16. The highest BCUT2D eigenvalue weighted by atomic mass is 16.3. The Morgan fingerprint density at radius 2 is 1.60 bits per heavy atom. The normalized spacial score (nSPS) is 10.4. The SMILES string of the molecule is Nc1c(C=O)c(O)c2ccccc2c1O. The van der Waals surface area contributed by atoms with Crippen LogP contribution in [-0.4, -0.2) is 16.5 Å². The molecule has 0 amide bonds. The number of anilines is 1. The number of benzene rings is 2. The molecule has 0 heterocycles. The van der Waals surface area contributed by atoms with Crippen molar-refractivity contribution in [2.24, 2.45) is 0 Å². The number of hydrogen-bond donors (Lipinski definition) is 3. The molecule has 0 saturated carbocycles. The number of nitrogen functional groups attached to an aromatic ring is 1. The van der Waals surface area contributed by atoms with E-state index in [1.165, 1.54) is 0 Å². The van der Waals surface area contributed by atoms with Gasteiger partial charge in [-0.05, 0) is 0 Å². The molecule has 76 valence electrons. The van der Waals surface area contributed by atoms with E-state index in [0.29, 0.717) is 17.1 Å². The van der Waals surface area contributed by atoms with E-state index < -0.39 is 0 Å². The summed E-state index contributed by atoms with van der Waals surface area (Å²) in [7, 11) is 0. The van der Waals surface area contributed by atoms with Gasteiger partial charge >= 0.3 is 0 Å². The first kappa shape index (κ1) is 9.33. The lowest BCUT2D eigenvalue weighted by Crippen LogP contribution is -1.95. The summed E-state index contributed by atoms with van der Waals surface area (Å²) in [6, 6.07) is 6.64. The Morgan fingerprint density at radius 1 is 1.07 bits per heavy atom. The van der Waals surface area contributed by atoms with E-state index in [1.54, 1.807) is 24.3 Å². The molecule has 4 heteroatoms. The van der Waals surface area contributed by atoms with E-state index in [1.807, 2.05) is 0 Å². The van der Waals surface area contributed by atoms with Crippen LogP contribution in [0.2, 0.25) is 0 Å². The zero-order valence-electron chi connectivity index (χ0n) is 7.77. The second kappa shape index (κ2) is 3.16. The Bertz CT molecular complexity index is 549. The molecule has 0 aliphatic heterocycles. The van der Waals surface area contributed by atoms with Gasteiger partial charge in [0.2, 0.25) is 0 Å². The maximum atomic E-state index is 10.7. The van der Waals surface area contributed by atoms with Crippen LogP contribution in [0.4, 0.5) is 5.69 Å². The van der Waals surface area contributed by atoms with Gasteiger partial charge in [-0.15, -0.1) is 0 Å². The molecule has 0 radical (unpaired) electrons. The molecule has 2 aromatic rings. The zero-order chi connectivity index (χ0) is 11.0. The van der Waals surface area contributed by atoms with Crippen molar-refractivity contribution in [3.63, 3.8) is 0 Å². The number of phenols is 2. The van der Waals surface area contributed by atoms with E-state index in [0.717, 1.165) is 0 Å². The highest BCUT2D eigenvalue weighted by Gasteiger charge is 2.15. The summed E-state index contributed by atoms with van der Waals surface area (Å²) in [6.45, 7) is 0. The minimum absolute atomic E-state index is 0.0776. The molecule has 4 N–H and O–H groups in total. The highest BCUT2D eigenvalue weighted by Crippen LogP contribution is 2.40. The molecule has 0 aromatic heterocycles. The molecule has 0 spiro atoms. The van der Waals surface area contributed by atoms with Crippen LogP contribution in [0.15, 0.2) is 24.3 Å². The van der Waals surface area contributed by atoms with E-state index >= 15 is 0 Å². The number of aromatic hydroxyl groups is 2. The van der Waals surface area contributed by atoms with Crippen LogP contribution in [0.25, 0.3) is 10.8 Å². The van der Waals surface area contributed by atoms with Crippen molar-refractivity contribution in [1.29, 1.82) is 0 Å². The summed E-state index contributed by atoms with van der Waals surface area (Å²) in [4.78, 5) is 10.7. The summed E-state index contributed by atoms with van der Waals surface area (Å²) in [5.41, 5.74) is 5.35. The highest BCUT2D eigenvalue weighted by molar-refractivity contribution is 6.05. The zero-order valence-corrected chi connectivity index (χ0v) is 7.77. The minimum atomic E-state index is -0.198. The Labute approximate surface area is 85.6 Å². The Morgan fingerprint density at radius 3 is 2.13 bits per heavy atom. The van der Waals surface area contributed by atoms with Crippen molar-refractivity contribution in [1.82, 2.24) is 0 Å². The van der Waals surface area contributed by atoms with E-state index in [2.05, 4.69) is 0 Å². The quantitative estimate of drug-likeness (QED) is 0.285. The summed E-state index contributed by atoms with van der Waals surface area (Å²) in [5, 5.41) is 20.3. The topological polar surface area (TPSA) is 83.6 Å². The molecule has 0 bridgehead atoms. The lowest BCUT2D eigenvalue weighted by molar-refractivity contribution is 0.112. The molecule has 4 nitrogen and oxygen atoms in total. The van der Waals surface area contributed by atoms with Gasteiger partial charge in [-0.2, -0.15) is 0 Å². The molecular weight excluding hydrogens is 194 g/mol. The van der Waals surface area contributed by atoms with Crippen LogP contribution >= 0.6 is 0 Å². The minimum Gasteiger partial charge on any atom is -0.506 e. The van der Waals surface area contributed by atoms with E-state index in [9.17, 15) is 15.0 Å². The van der Waals surface area contributed by atoms with Crippen molar-refractivity contribution in [3.05, 3.63) is 29.8 Å². The first-order valence-corrected chi connectivity index (χ1v) is 4.34. The number of aldehydes is 1. The fraction of sp³-hybridized carbons (Fsp3) is 0. The molecular formula is C11H9NO3. The smallest absolute Gasteiger partial charge is 0.156 e. The number of fused-ring (bicyclic) bond motifs is 1. The summed E-state index contributed by atoms with van der Waals surface area (Å²) in [6.07, 6.45) is 0.427. The largest absolute Gasteiger partial charge is 0.506 e. The van der Waals surface area contributed by atoms with E-state index in [4.69, 9.17) is 5.73 Å². The number of carbonyl (C=O) groups excluding carboxylic acids is 1. The molecule has 15 heavy (non-hydrogen) atoms. The van der Waals surface area contributed by atoms with Gasteiger partial charge in [-0.1, -0.05) is 24.3 Å². The van der Waals surface area contributed by atoms with Crippen molar-refractivity contribution in [3.8, 4) is 11.5 Å². The summed E-state index contributed by atoms with van der Waals surface area (Å²) < 4.78 is 0. The lowest BCUT2D eigenvalue weighted by atomic mass is 10.0. The maximum Gasteiger partial charge on any atom is 0.156 e. The van der Waals surface area contributed by atoms with Crippen LogP contribution in [0.1, 0.15) is 10.4 Å². The van der Waals surface area contributed by atoms with Crippen LogP contribution in [-0.2, 0) is 0 Å². The third-order valence-electron chi connectivity index (χ3n) is 2.36. The second-order valence-corrected chi connectivity index (χ2v) is 3.19. The third-order valence-corrected chi connectivity index (χ3v) is 2.36. The average Bonchev–Trinajstić information content (AvgIpc) is 2.27. The maximum absolute atomic E-state index is 10.7. The first-order valence-electron chi connectivity index (χ1n) is 4.34. The molecule has 0 saturated heterocycles. The van der Waals surface area contributed by atoms with Crippen LogP contribution < -0.4 is 5.73 Å². The predicted octanol–water partition coefficient (Wildman–Crippen LogP) is 1.65. The van der Waals surface area contributed by atoms with Gasteiger partial charge in [0.15, 0.2) is 6.29 Å². The molecule has 2 aromatic carbocycles. The predicted molar refractivity (Wildman–Crippen MR) is 57.1 cm³/mol. The summed E-state index contributed by atoms with van der Waals surface area (Å²) >= 11 is 0. The molecule has 0 atom stereocenters. The fourth-order valence-electron chi connectivity index (χ4n) is 1.56. The number of carbonyl (C=O) groups is 1. The van der Waals surface area contributed by atoms with Gasteiger partial charge in [0, 0.05) is 10.8 Å². The van der Waals surface area contributed by atoms with Crippen molar-refractivity contribution >= 4 is 22.7 Å². The number of nitrogens with two attached hydrogens (primary N) is 1. The second-order valence-electron chi connectivity index (χ2n) is 3.19. The van der Waals surface area contributed by atoms with Gasteiger partial charge < -0.3 is 15.9 Å². The van der Waals surface area contributed by atoms with E-state index in [-0.39, 0.29) is 22.7 Å². The van der Waals surface area contributed by atoms with Crippen LogP contribution in [0.5, 0.6) is 11.5 Å². The number of phenolic OH excluding ortho intramolecular Hbond substituents is 2. The van der Waals surface area contributed by atoms with Gasteiger partial charge in [-0.25, -0.2) is 0 Å². The lowest BCUT2D eigenvalue weighted by Gasteiger charge is -2.09. The van der Waals surface area contributed by atoms with Crippen LogP contribution in [0, 0.1) is 0 Å². The fourth-order valence-corrected chi connectivity index (χ4v) is 1.56. The van der Waals surface area contributed by atoms with Gasteiger partial charge in [0.1, 0.15) is 11.5 Å². The van der Waals surface area contributed by atoms with Crippen molar-refractivity contribution in [2.75, 3.05) is 5.73 Å². The van der Waals surface area contributed by atoms with Gasteiger partial charge in [0.05, 0.1) is 11.3 Å². The average molecular weight is 203 g/mol. The number of hydrogen-bond acceptors (Lipinski definition) is 4. The van der Waals surface area contributed by atoms with Gasteiger partial charge in [-0.3, -0.25) is 4.79 Å². The monoisotopic (exact) mass is 203 g/mol. The Kier molecular flexibility index (Phi) is 1.97. The van der Waals surface area contributed by atoms with Gasteiger partial charge in [0.25, 0.3) is 0 Å².